The third-order valence-corrected chi connectivity index (χ3v) is 6.51. The Bertz CT molecular complexity index is 1360. The normalized spacial score (nSPS) is 13.1. The molecule has 10 heteroatoms. The van der Waals surface area contributed by atoms with Gasteiger partial charge in [-0.3, -0.25) is 19.4 Å². The highest BCUT2D eigenvalue weighted by molar-refractivity contribution is 6.31. The molecule has 0 aliphatic heterocycles. The molecule has 226 valence electrons. The number of carbonyl (C=O) groups is 3. The molecule has 0 spiro atoms. The van der Waals surface area contributed by atoms with Crippen molar-refractivity contribution in [3.05, 3.63) is 76.1 Å². The van der Waals surface area contributed by atoms with Gasteiger partial charge in [-0.2, -0.15) is 0 Å². The second-order valence-corrected chi connectivity index (χ2v) is 11.0. The van der Waals surface area contributed by atoms with Gasteiger partial charge in [0, 0.05) is 79.1 Å². The van der Waals surface area contributed by atoms with E-state index in [0.29, 0.717) is 58.0 Å². The summed E-state index contributed by atoms with van der Waals surface area (Å²) in [5, 5.41) is 3.35. The standard InChI is InChI=1S/C32H41ClN4O5/c1-8-29(39)24-11-9-22(33)18-26(24)25(13-15-38)30(41-7)20-37(6)28(14-16-42-32(2,3)4)31(40)36-23-10-12-27(34)21(17-23)19-35-5/h9-13,15,17-20,28H,8,14,16,34H2,1-7H3,(H,36,40)/b25-13-,30-20+,35-19?. The van der Waals surface area contributed by atoms with Crippen molar-refractivity contribution in [1.82, 2.24) is 4.90 Å². The molecule has 1 unspecified atom stereocenters. The summed E-state index contributed by atoms with van der Waals surface area (Å²) in [6.07, 6.45) is 5.77. The Morgan fingerprint density at radius 3 is 2.48 bits per heavy atom. The predicted molar refractivity (Wildman–Crippen MR) is 170 cm³/mol. The fourth-order valence-electron chi connectivity index (χ4n) is 4.18. The SMILES string of the molecule is CCC(=O)c1ccc(Cl)cc1C(=C/C=O)/C(=C\N(C)C(CCOC(C)(C)C)C(=O)Nc1ccc(N)c(C=NC)c1)OC. The molecule has 1 amide bonds. The van der Waals surface area contributed by atoms with Crippen molar-refractivity contribution in [2.24, 2.45) is 4.99 Å². The summed E-state index contributed by atoms with van der Waals surface area (Å²) in [7, 11) is 4.82. The van der Waals surface area contributed by atoms with Gasteiger partial charge in [-0.25, -0.2) is 0 Å². The summed E-state index contributed by atoms with van der Waals surface area (Å²) in [6, 6.07) is 9.33. The maximum absolute atomic E-state index is 13.6. The summed E-state index contributed by atoms with van der Waals surface area (Å²) in [5.41, 5.74) is 8.62. The predicted octanol–water partition coefficient (Wildman–Crippen LogP) is 5.78. The topological polar surface area (TPSA) is 123 Å². The number of amides is 1. The summed E-state index contributed by atoms with van der Waals surface area (Å²) in [5.74, 6) is -0.147. The number of aliphatic imine (C=N–C) groups is 1. The van der Waals surface area contributed by atoms with Crippen molar-refractivity contribution >= 4 is 52.7 Å². The molecule has 0 aliphatic carbocycles. The number of benzene rings is 2. The number of likely N-dealkylation sites (N-methyl/N-ethyl adjacent to an activating group) is 1. The van der Waals surface area contributed by atoms with Gasteiger partial charge in [0.15, 0.2) is 5.78 Å². The number of aldehydes is 1. The Kier molecular flexibility index (Phi) is 13.0. The molecule has 2 aromatic rings. The number of rotatable bonds is 14. The number of ketones is 1. The van der Waals surface area contributed by atoms with Crippen molar-refractivity contribution in [3.8, 4) is 0 Å². The number of Topliss-reactive ketones (excluding diaryl/α,β-unsaturated/α-hetero) is 1. The van der Waals surface area contributed by atoms with Crippen LogP contribution in [0.1, 0.15) is 62.0 Å². The fourth-order valence-corrected chi connectivity index (χ4v) is 4.35. The lowest BCUT2D eigenvalue weighted by molar-refractivity contribution is -0.121. The second-order valence-electron chi connectivity index (χ2n) is 10.5. The molecule has 0 aliphatic rings. The Balaban J connectivity index is 2.53. The van der Waals surface area contributed by atoms with Gasteiger partial charge in [-0.15, -0.1) is 0 Å². The second kappa shape index (κ2) is 15.9. The number of methoxy groups -OCH3 is 1. The van der Waals surface area contributed by atoms with E-state index in [1.807, 2.05) is 20.8 Å². The lowest BCUT2D eigenvalue weighted by Crippen LogP contribution is -2.41. The highest BCUT2D eigenvalue weighted by Gasteiger charge is 2.25. The van der Waals surface area contributed by atoms with Crippen molar-refractivity contribution in [2.75, 3.05) is 38.9 Å². The smallest absolute Gasteiger partial charge is 0.247 e. The number of anilines is 2. The number of halogens is 1. The van der Waals surface area contributed by atoms with E-state index in [1.165, 1.54) is 13.2 Å². The molecule has 0 saturated carbocycles. The minimum atomic E-state index is -0.702. The molecular weight excluding hydrogens is 556 g/mol. The zero-order valence-electron chi connectivity index (χ0n) is 25.4. The molecule has 0 radical (unpaired) electrons. The third kappa shape index (κ3) is 9.85. The molecular formula is C32H41ClN4O5. The zero-order chi connectivity index (χ0) is 31.4. The average Bonchev–Trinajstić information content (AvgIpc) is 2.93. The Hall–Kier alpha value is -3.95. The van der Waals surface area contributed by atoms with Gasteiger partial charge >= 0.3 is 0 Å². The number of ether oxygens (including phenoxy) is 2. The molecule has 0 bridgehead atoms. The van der Waals surface area contributed by atoms with Crippen LogP contribution in [-0.4, -0.2) is 68.5 Å². The number of hydrogen-bond donors (Lipinski definition) is 2. The quantitative estimate of drug-likeness (QED) is 0.0539. The summed E-state index contributed by atoms with van der Waals surface area (Å²) < 4.78 is 11.6. The lowest BCUT2D eigenvalue weighted by atomic mass is 9.94. The van der Waals surface area contributed by atoms with Crippen LogP contribution in [0.2, 0.25) is 5.02 Å². The number of nitrogen functional groups attached to an aromatic ring is 1. The first kappa shape index (κ1) is 34.3. The maximum atomic E-state index is 13.6. The van der Waals surface area contributed by atoms with Crippen LogP contribution >= 0.6 is 11.6 Å². The Labute approximate surface area is 253 Å². The number of nitrogens with one attached hydrogen (secondary N) is 1. The van der Waals surface area contributed by atoms with Crippen LogP contribution in [0.5, 0.6) is 0 Å². The van der Waals surface area contributed by atoms with Crippen LogP contribution in [0.3, 0.4) is 0 Å². The van der Waals surface area contributed by atoms with Crippen molar-refractivity contribution in [1.29, 1.82) is 0 Å². The average molecular weight is 597 g/mol. The number of nitrogens with two attached hydrogens (primary N) is 1. The molecule has 0 heterocycles. The molecule has 9 nitrogen and oxygen atoms in total. The van der Waals surface area contributed by atoms with Crippen LogP contribution in [0.4, 0.5) is 11.4 Å². The largest absolute Gasteiger partial charge is 0.495 e. The van der Waals surface area contributed by atoms with Gasteiger partial charge in [0.25, 0.3) is 0 Å². The Morgan fingerprint density at radius 1 is 1.17 bits per heavy atom. The maximum Gasteiger partial charge on any atom is 0.247 e. The van der Waals surface area contributed by atoms with Gasteiger partial charge in [0.1, 0.15) is 18.1 Å². The highest BCUT2D eigenvalue weighted by Crippen LogP contribution is 2.30. The third-order valence-electron chi connectivity index (χ3n) is 6.28. The molecule has 0 aromatic heterocycles. The van der Waals surface area contributed by atoms with Crippen LogP contribution in [0.25, 0.3) is 5.57 Å². The van der Waals surface area contributed by atoms with E-state index in [1.54, 1.807) is 74.7 Å². The summed E-state index contributed by atoms with van der Waals surface area (Å²) in [4.78, 5) is 43.8. The van der Waals surface area contributed by atoms with Crippen LogP contribution < -0.4 is 11.1 Å². The van der Waals surface area contributed by atoms with E-state index in [9.17, 15) is 14.4 Å². The zero-order valence-corrected chi connectivity index (χ0v) is 26.1. The first-order valence-electron chi connectivity index (χ1n) is 13.6. The molecule has 2 aromatic carbocycles. The lowest BCUT2D eigenvalue weighted by Gasteiger charge is -2.29. The van der Waals surface area contributed by atoms with E-state index in [-0.39, 0.29) is 23.9 Å². The van der Waals surface area contributed by atoms with Crippen molar-refractivity contribution in [3.63, 3.8) is 0 Å². The molecule has 0 saturated heterocycles. The number of nitrogens with zero attached hydrogens (tertiary/aromatic N) is 2. The molecule has 42 heavy (non-hydrogen) atoms. The fraction of sp³-hybridized carbons (Fsp3) is 0.375. The van der Waals surface area contributed by atoms with Crippen LogP contribution in [0.15, 0.2) is 59.4 Å². The highest BCUT2D eigenvalue weighted by atomic mass is 35.5. The van der Waals surface area contributed by atoms with E-state index < -0.39 is 11.6 Å². The van der Waals surface area contributed by atoms with Crippen LogP contribution in [0, 0.1) is 0 Å². The molecule has 2 rings (SSSR count). The summed E-state index contributed by atoms with van der Waals surface area (Å²) in [6.45, 7) is 7.88. The van der Waals surface area contributed by atoms with Gasteiger partial charge in [0.05, 0.1) is 12.7 Å². The van der Waals surface area contributed by atoms with Gasteiger partial charge in [0.2, 0.25) is 5.91 Å². The minimum Gasteiger partial charge on any atom is -0.495 e. The van der Waals surface area contributed by atoms with E-state index in [2.05, 4.69) is 10.3 Å². The van der Waals surface area contributed by atoms with Gasteiger partial charge in [-0.05, 0) is 68.8 Å². The number of carbonyl (C=O) groups excluding carboxylic acids is 3. The molecule has 1 atom stereocenters. The first-order valence-corrected chi connectivity index (χ1v) is 14.0. The number of hydrogen-bond acceptors (Lipinski definition) is 8. The van der Waals surface area contributed by atoms with E-state index >= 15 is 0 Å². The van der Waals surface area contributed by atoms with Gasteiger partial charge < -0.3 is 25.4 Å². The van der Waals surface area contributed by atoms with Crippen molar-refractivity contribution in [2.45, 2.75) is 52.2 Å². The van der Waals surface area contributed by atoms with E-state index in [4.69, 9.17) is 26.8 Å². The minimum absolute atomic E-state index is 0.116. The Morgan fingerprint density at radius 2 is 1.88 bits per heavy atom. The molecule has 0 fully saturated rings. The first-order chi connectivity index (χ1) is 19.8. The van der Waals surface area contributed by atoms with Crippen LogP contribution in [-0.2, 0) is 19.1 Å². The van der Waals surface area contributed by atoms with Crippen molar-refractivity contribution < 1.29 is 23.9 Å². The summed E-state index contributed by atoms with van der Waals surface area (Å²) >= 11 is 6.29. The molecule has 3 N–H and O–H groups in total. The van der Waals surface area contributed by atoms with Gasteiger partial charge in [-0.1, -0.05) is 18.5 Å². The van der Waals surface area contributed by atoms with E-state index in [0.717, 1.165) is 0 Å². The monoisotopic (exact) mass is 596 g/mol. The number of allylic oxidation sites excluding steroid dienone is 2.